The molecule has 3 nitrogen and oxygen atoms in total. The summed E-state index contributed by atoms with van der Waals surface area (Å²) < 4.78 is 72.2. The first-order valence-corrected chi connectivity index (χ1v) is 5.48. The Morgan fingerprint density at radius 2 is 1.76 bits per heavy atom. The van der Waals surface area contributed by atoms with E-state index in [-0.39, 0.29) is 0 Å². The van der Waals surface area contributed by atoms with Gasteiger partial charge in [0, 0.05) is 0 Å². The molecule has 0 radical (unpaired) electrons. The van der Waals surface area contributed by atoms with Crippen LogP contribution in [-0.2, 0) is 22.9 Å². The van der Waals surface area contributed by atoms with Crippen LogP contribution in [0.4, 0.5) is 17.6 Å². The van der Waals surface area contributed by atoms with E-state index in [2.05, 4.69) is 4.98 Å². The quantitative estimate of drug-likeness (QED) is 0.613. The highest BCUT2D eigenvalue weighted by Gasteiger charge is 2.37. The fourth-order valence-electron chi connectivity index (χ4n) is 1.12. The molecule has 1 rings (SSSR count). The molecule has 96 valence electrons. The van der Waals surface area contributed by atoms with E-state index in [1.165, 1.54) is 0 Å². The van der Waals surface area contributed by atoms with Crippen LogP contribution in [-0.4, -0.2) is 13.7 Å². The monoisotopic (exact) mass is 270 g/mol. The van der Waals surface area contributed by atoms with Crippen molar-refractivity contribution in [1.29, 1.82) is 0 Å². The maximum Gasteiger partial charge on any atom is 0.434 e. The SMILES string of the molecule is CC(C)(F)c1ccc(S(=O)[O-])c(C(F)(F)F)n1. The van der Waals surface area contributed by atoms with Crippen molar-refractivity contribution in [3.05, 3.63) is 23.5 Å². The van der Waals surface area contributed by atoms with Crippen LogP contribution >= 0.6 is 0 Å². The van der Waals surface area contributed by atoms with Crippen LogP contribution in [0.2, 0.25) is 0 Å². The summed E-state index contributed by atoms with van der Waals surface area (Å²) in [6, 6.07) is 1.61. The Morgan fingerprint density at radius 1 is 1.24 bits per heavy atom. The van der Waals surface area contributed by atoms with E-state index in [0.29, 0.717) is 6.07 Å². The molecule has 0 aromatic carbocycles. The van der Waals surface area contributed by atoms with Gasteiger partial charge in [0.05, 0.1) is 10.6 Å². The summed E-state index contributed by atoms with van der Waals surface area (Å²) in [6.45, 7) is 2.06. The zero-order valence-corrected chi connectivity index (χ0v) is 9.66. The van der Waals surface area contributed by atoms with Crippen LogP contribution in [0.25, 0.3) is 0 Å². The van der Waals surface area contributed by atoms with Gasteiger partial charge in [-0.3, -0.25) is 4.21 Å². The Labute approximate surface area is 97.2 Å². The molecule has 1 unspecified atom stereocenters. The molecular weight excluding hydrogens is 262 g/mol. The second-order valence-electron chi connectivity index (χ2n) is 3.75. The van der Waals surface area contributed by atoms with Crippen LogP contribution in [0.3, 0.4) is 0 Å². The molecule has 1 atom stereocenters. The Morgan fingerprint density at radius 3 is 2.12 bits per heavy atom. The summed E-state index contributed by atoms with van der Waals surface area (Å²) in [5.41, 5.74) is -4.16. The number of rotatable bonds is 2. The van der Waals surface area contributed by atoms with Crippen LogP contribution in [0.15, 0.2) is 17.0 Å². The third-order valence-electron chi connectivity index (χ3n) is 1.92. The van der Waals surface area contributed by atoms with Crippen molar-refractivity contribution in [1.82, 2.24) is 4.98 Å². The molecule has 0 N–H and O–H groups in total. The smallest absolute Gasteiger partial charge is 0.434 e. The first-order valence-electron chi connectivity index (χ1n) is 4.40. The molecule has 1 aromatic heterocycles. The molecule has 1 heterocycles. The number of halogens is 4. The Hall–Kier alpha value is -1.02. The van der Waals surface area contributed by atoms with Gasteiger partial charge in [-0.15, -0.1) is 0 Å². The maximum atomic E-state index is 13.4. The molecule has 0 saturated carbocycles. The first kappa shape index (κ1) is 14.0. The molecule has 0 aliphatic heterocycles. The van der Waals surface area contributed by atoms with E-state index in [9.17, 15) is 26.3 Å². The van der Waals surface area contributed by atoms with Crippen molar-refractivity contribution in [2.24, 2.45) is 0 Å². The summed E-state index contributed by atoms with van der Waals surface area (Å²) in [5, 5.41) is 0. The Kier molecular flexibility index (Phi) is 3.58. The number of hydrogen-bond acceptors (Lipinski definition) is 3. The van der Waals surface area contributed by atoms with E-state index in [1.807, 2.05) is 0 Å². The van der Waals surface area contributed by atoms with E-state index in [1.54, 1.807) is 0 Å². The van der Waals surface area contributed by atoms with Gasteiger partial charge in [-0.05, 0) is 37.1 Å². The topological polar surface area (TPSA) is 53.0 Å². The molecule has 0 saturated heterocycles. The summed E-state index contributed by atoms with van der Waals surface area (Å²) >= 11 is -3.08. The Balaban J connectivity index is 3.46. The predicted molar refractivity (Wildman–Crippen MR) is 50.6 cm³/mol. The second kappa shape index (κ2) is 4.34. The lowest BCUT2D eigenvalue weighted by molar-refractivity contribution is -0.143. The summed E-state index contributed by atoms with van der Waals surface area (Å²) in [4.78, 5) is 2.05. The van der Waals surface area contributed by atoms with Crippen molar-refractivity contribution in [2.45, 2.75) is 30.6 Å². The Bertz CT molecular complexity index is 453. The van der Waals surface area contributed by atoms with Crippen molar-refractivity contribution in [2.75, 3.05) is 0 Å². The third-order valence-corrected chi connectivity index (χ3v) is 2.60. The number of hydrogen-bond donors (Lipinski definition) is 0. The van der Waals surface area contributed by atoms with Gasteiger partial charge in [-0.1, -0.05) is 0 Å². The zero-order valence-electron chi connectivity index (χ0n) is 8.84. The van der Waals surface area contributed by atoms with Gasteiger partial charge in [0.25, 0.3) is 0 Å². The van der Waals surface area contributed by atoms with Crippen molar-refractivity contribution in [3.8, 4) is 0 Å². The molecule has 0 bridgehead atoms. The molecule has 0 spiro atoms. The minimum absolute atomic E-state index is 0.473. The van der Waals surface area contributed by atoms with Crippen LogP contribution in [0, 0.1) is 0 Å². The van der Waals surface area contributed by atoms with Crippen LogP contribution < -0.4 is 0 Å². The lowest BCUT2D eigenvalue weighted by Gasteiger charge is -2.18. The zero-order chi connectivity index (χ0) is 13.4. The average molecular weight is 270 g/mol. The highest BCUT2D eigenvalue weighted by Crippen LogP contribution is 2.34. The van der Waals surface area contributed by atoms with Gasteiger partial charge in [-0.25, -0.2) is 9.37 Å². The maximum absolute atomic E-state index is 13.4. The molecule has 0 aliphatic carbocycles. The summed E-state index contributed by atoms with van der Waals surface area (Å²) in [6.07, 6.45) is -4.95. The fraction of sp³-hybridized carbons (Fsp3) is 0.444. The first-order chi connectivity index (χ1) is 7.53. The normalized spacial score (nSPS) is 14.8. The lowest BCUT2D eigenvalue weighted by atomic mass is 10.1. The van der Waals surface area contributed by atoms with Gasteiger partial charge in [0.2, 0.25) is 0 Å². The number of nitrogens with zero attached hydrogens (tertiary/aromatic N) is 1. The second-order valence-corrected chi connectivity index (χ2v) is 4.66. The third kappa shape index (κ3) is 3.22. The number of pyridine rings is 1. The number of alkyl halides is 4. The van der Waals surface area contributed by atoms with Crippen LogP contribution in [0.1, 0.15) is 25.2 Å². The number of aromatic nitrogens is 1. The fourth-order valence-corrected chi connectivity index (χ4v) is 1.61. The standard InChI is InChI=1S/C9H9F4NO2S/c1-8(2,10)6-4-3-5(17(15)16)7(14-6)9(11,12)13/h3-4H,1-2H3,(H,15,16)/p-1. The van der Waals surface area contributed by atoms with E-state index in [4.69, 9.17) is 0 Å². The van der Waals surface area contributed by atoms with Crippen molar-refractivity contribution >= 4 is 11.1 Å². The predicted octanol–water partition coefficient (Wildman–Crippen LogP) is 2.54. The molecule has 0 aliphatic rings. The minimum atomic E-state index is -4.95. The summed E-state index contributed by atoms with van der Waals surface area (Å²) in [7, 11) is 0. The van der Waals surface area contributed by atoms with E-state index < -0.39 is 39.2 Å². The highest BCUT2D eigenvalue weighted by molar-refractivity contribution is 7.79. The molecule has 17 heavy (non-hydrogen) atoms. The molecular formula is C9H8F4NO2S-. The lowest BCUT2D eigenvalue weighted by Crippen LogP contribution is -2.19. The average Bonchev–Trinajstić information content (AvgIpc) is 2.14. The van der Waals surface area contributed by atoms with Gasteiger partial charge in [0.15, 0.2) is 5.69 Å². The van der Waals surface area contributed by atoms with E-state index >= 15 is 0 Å². The van der Waals surface area contributed by atoms with E-state index in [0.717, 1.165) is 19.9 Å². The van der Waals surface area contributed by atoms with Gasteiger partial charge >= 0.3 is 6.18 Å². The van der Waals surface area contributed by atoms with Crippen molar-refractivity contribution in [3.63, 3.8) is 0 Å². The van der Waals surface area contributed by atoms with Crippen molar-refractivity contribution < 1.29 is 26.3 Å². The molecule has 1 aromatic rings. The summed E-state index contributed by atoms with van der Waals surface area (Å²) in [5.74, 6) is 0. The van der Waals surface area contributed by atoms with Gasteiger partial charge in [-0.2, -0.15) is 13.2 Å². The van der Waals surface area contributed by atoms with Crippen LogP contribution in [0.5, 0.6) is 0 Å². The van der Waals surface area contributed by atoms with Gasteiger partial charge in [0.1, 0.15) is 5.67 Å². The van der Waals surface area contributed by atoms with Gasteiger partial charge < -0.3 is 4.55 Å². The molecule has 0 amide bonds. The largest absolute Gasteiger partial charge is 0.768 e. The highest BCUT2D eigenvalue weighted by atomic mass is 32.2. The minimum Gasteiger partial charge on any atom is -0.768 e. The molecule has 0 fully saturated rings. The molecule has 8 heteroatoms.